The monoisotopic (exact) mass is 283 g/mol. The van der Waals surface area contributed by atoms with Gasteiger partial charge in [-0.3, -0.25) is 4.79 Å². The molecule has 0 saturated heterocycles. The molecule has 0 radical (unpaired) electrons. The highest BCUT2D eigenvalue weighted by molar-refractivity contribution is 7.89. The Hall–Kier alpha value is -1.44. The normalized spacial score (nSPS) is 15.2. The van der Waals surface area contributed by atoms with Crippen LogP contribution in [0.2, 0.25) is 0 Å². The third kappa shape index (κ3) is 3.76. The minimum Gasteiger partial charge on any atom is -0.351 e. The maximum atomic E-state index is 12.0. The van der Waals surface area contributed by atoms with Gasteiger partial charge >= 0.3 is 0 Å². The zero-order valence-electron chi connectivity index (χ0n) is 10.4. The molecule has 0 heterocycles. The fourth-order valence-electron chi connectivity index (χ4n) is 1.58. The van der Waals surface area contributed by atoms with Gasteiger partial charge in [0.15, 0.2) is 0 Å². The van der Waals surface area contributed by atoms with E-state index in [9.17, 15) is 13.2 Å². The molecule has 1 aliphatic rings. The number of benzene rings is 1. The number of hydrogen-bond donors (Lipinski definition) is 3. The second-order valence-corrected chi connectivity index (χ2v) is 6.18. The van der Waals surface area contributed by atoms with Gasteiger partial charge in [-0.25, -0.2) is 13.1 Å². The van der Waals surface area contributed by atoms with Gasteiger partial charge in [0.1, 0.15) is 0 Å². The molecule has 0 bridgehead atoms. The average Bonchev–Trinajstić information content (AvgIpc) is 3.19. The Morgan fingerprint density at radius 1 is 1.37 bits per heavy atom. The van der Waals surface area contributed by atoms with Crippen LogP contribution in [0.25, 0.3) is 0 Å². The van der Waals surface area contributed by atoms with Crippen LogP contribution in [0, 0.1) is 0 Å². The van der Waals surface area contributed by atoms with Crippen molar-refractivity contribution in [1.29, 1.82) is 0 Å². The van der Waals surface area contributed by atoms with Gasteiger partial charge in [0, 0.05) is 24.7 Å². The van der Waals surface area contributed by atoms with E-state index in [-0.39, 0.29) is 16.8 Å². The zero-order valence-corrected chi connectivity index (χ0v) is 11.2. The fraction of sp³-hybridized carbons (Fsp3) is 0.417. The lowest BCUT2D eigenvalue weighted by atomic mass is 10.2. The Kier molecular flexibility index (Phi) is 4.18. The highest BCUT2D eigenvalue weighted by Crippen LogP contribution is 2.22. The molecule has 104 valence electrons. The lowest BCUT2D eigenvalue weighted by Crippen LogP contribution is -2.29. The van der Waals surface area contributed by atoms with Crippen LogP contribution < -0.4 is 15.8 Å². The zero-order chi connectivity index (χ0) is 13.9. The predicted molar refractivity (Wildman–Crippen MR) is 71.2 cm³/mol. The van der Waals surface area contributed by atoms with Gasteiger partial charge < -0.3 is 11.1 Å². The second kappa shape index (κ2) is 5.68. The molecule has 7 heteroatoms. The first-order valence-electron chi connectivity index (χ1n) is 6.13. The van der Waals surface area contributed by atoms with Crippen molar-refractivity contribution in [3.05, 3.63) is 29.8 Å². The Labute approximate surface area is 112 Å². The van der Waals surface area contributed by atoms with Gasteiger partial charge in [0.25, 0.3) is 5.91 Å². The van der Waals surface area contributed by atoms with Crippen LogP contribution in [0.4, 0.5) is 0 Å². The number of nitrogens with two attached hydrogens (primary N) is 1. The summed E-state index contributed by atoms with van der Waals surface area (Å²) < 4.78 is 26.6. The maximum Gasteiger partial charge on any atom is 0.251 e. The topological polar surface area (TPSA) is 101 Å². The molecule has 4 N–H and O–H groups in total. The van der Waals surface area contributed by atoms with E-state index in [0.29, 0.717) is 18.7 Å². The van der Waals surface area contributed by atoms with E-state index < -0.39 is 10.0 Å². The Balaban J connectivity index is 2.16. The first kappa shape index (κ1) is 14.0. The summed E-state index contributed by atoms with van der Waals surface area (Å²) in [5.74, 6) is -0.325. The van der Waals surface area contributed by atoms with Crippen molar-refractivity contribution in [2.24, 2.45) is 5.73 Å². The summed E-state index contributed by atoms with van der Waals surface area (Å²) >= 11 is 0. The first-order chi connectivity index (χ1) is 9.03. The van der Waals surface area contributed by atoms with E-state index in [2.05, 4.69) is 10.0 Å². The molecule has 1 aliphatic carbocycles. The molecule has 0 unspecified atom stereocenters. The number of sulfonamides is 1. The number of amides is 1. The average molecular weight is 283 g/mol. The van der Waals surface area contributed by atoms with Crippen LogP contribution >= 0.6 is 0 Å². The van der Waals surface area contributed by atoms with Crippen molar-refractivity contribution in [2.75, 3.05) is 13.1 Å². The smallest absolute Gasteiger partial charge is 0.251 e. The lowest BCUT2D eigenvalue weighted by Gasteiger charge is -2.08. The molecule has 1 aromatic carbocycles. The lowest BCUT2D eigenvalue weighted by molar-refractivity contribution is 0.0954. The van der Waals surface area contributed by atoms with Gasteiger partial charge in [0.2, 0.25) is 10.0 Å². The van der Waals surface area contributed by atoms with Crippen LogP contribution in [-0.4, -0.2) is 33.5 Å². The standard InChI is InChI=1S/C12H17N3O3S/c13-6-7-14-12(16)9-2-1-3-11(8-9)19(17,18)15-10-4-5-10/h1-3,8,10,15H,4-7,13H2,(H,14,16). The summed E-state index contributed by atoms with van der Waals surface area (Å²) in [6, 6.07) is 6.02. The summed E-state index contributed by atoms with van der Waals surface area (Å²) in [5.41, 5.74) is 5.61. The molecule has 1 aromatic rings. The van der Waals surface area contributed by atoms with E-state index in [0.717, 1.165) is 12.8 Å². The second-order valence-electron chi connectivity index (χ2n) is 4.47. The number of hydrogen-bond acceptors (Lipinski definition) is 4. The summed E-state index contributed by atoms with van der Waals surface area (Å²) in [6.45, 7) is 0.698. The van der Waals surface area contributed by atoms with Gasteiger partial charge in [0.05, 0.1) is 4.90 Å². The molecule has 1 saturated carbocycles. The largest absolute Gasteiger partial charge is 0.351 e. The van der Waals surface area contributed by atoms with Gasteiger partial charge in [-0.2, -0.15) is 0 Å². The minimum absolute atomic E-state index is 0.0414. The summed E-state index contributed by atoms with van der Waals surface area (Å²) in [7, 11) is -3.53. The number of nitrogens with one attached hydrogen (secondary N) is 2. The predicted octanol–water partition coefficient (Wildman–Crippen LogP) is -0.184. The van der Waals surface area contributed by atoms with E-state index in [4.69, 9.17) is 5.73 Å². The van der Waals surface area contributed by atoms with Gasteiger partial charge in [-0.1, -0.05) is 6.07 Å². The summed E-state index contributed by atoms with van der Waals surface area (Å²) in [5, 5.41) is 2.60. The van der Waals surface area contributed by atoms with Crippen molar-refractivity contribution in [3.8, 4) is 0 Å². The van der Waals surface area contributed by atoms with Crippen molar-refractivity contribution in [3.63, 3.8) is 0 Å². The number of carbonyl (C=O) groups is 1. The highest BCUT2D eigenvalue weighted by atomic mass is 32.2. The number of rotatable bonds is 6. The van der Waals surface area contributed by atoms with E-state index in [1.807, 2.05) is 0 Å². The third-order valence-electron chi connectivity index (χ3n) is 2.74. The van der Waals surface area contributed by atoms with E-state index >= 15 is 0 Å². The molecule has 0 spiro atoms. The summed E-state index contributed by atoms with van der Waals surface area (Å²) in [4.78, 5) is 11.8. The molecule has 0 atom stereocenters. The van der Waals surface area contributed by atoms with Gasteiger partial charge in [-0.15, -0.1) is 0 Å². The molecule has 0 aromatic heterocycles. The Morgan fingerprint density at radius 3 is 2.74 bits per heavy atom. The van der Waals surface area contributed by atoms with Crippen molar-refractivity contribution >= 4 is 15.9 Å². The van der Waals surface area contributed by atoms with Crippen LogP contribution in [0.1, 0.15) is 23.2 Å². The molecule has 1 amide bonds. The Bertz CT molecular complexity index is 567. The van der Waals surface area contributed by atoms with Crippen LogP contribution in [0.5, 0.6) is 0 Å². The highest BCUT2D eigenvalue weighted by Gasteiger charge is 2.28. The van der Waals surface area contributed by atoms with Crippen LogP contribution in [0.15, 0.2) is 29.2 Å². The minimum atomic E-state index is -3.53. The quantitative estimate of drug-likeness (QED) is 0.674. The van der Waals surface area contributed by atoms with Gasteiger partial charge in [-0.05, 0) is 31.0 Å². The molecular weight excluding hydrogens is 266 g/mol. The molecule has 0 aliphatic heterocycles. The molecule has 19 heavy (non-hydrogen) atoms. The summed E-state index contributed by atoms with van der Waals surface area (Å²) in [6.07, 6.45) is 1.74. The first-order valence-corrected chi connectivity index (χ1v) is 7.62. The van der Waals surface area contributed by atoms with Crippen molar-refractivity contribution in [1.82, 2.24) is 10.0 Å². The molecular formula is C12H17N3O3S. The van der Waals surface area contributed by atoms with Crippen LogP contribution in [0.3, 0.4) is 0 Å². The molecule has 1 fully saturated rings. The third-order valence-corrected chi connectivity index (χ3v) is 4.25. The maximum absolute atomic E-state index is 12.0. The van der Waals surface area contributed by atoms with Crippen molar-refractivity contribution in [2.45, 2.75) is 23.8 Å². The number of carbonyl (C=O) groups excluding carboxylic acids is 1. The molecule has 6 nitrogen and oxygen atoms in total. The van der Waals surface area contributed by atoms with E-state index in [1.165, 1.54) is 12.1 Å². The molecule has 2 rings (SSSR count). The SMILES string of the molecule is NCCNC(=O)c1cccc(S(=O)(=O)NC2CC2)c1. The Morgan fingerprint density at radius 2 is 2.11 bits per heavy atom. The van der Waals surface area contributed by atoms with E-state index in [1.54, 1.807) is 12.1 Å². The van der Waals surface area contributed by atoms with Crippen molar-refractivity contribution < 1.29 is 13.2 Å². The fourth-order valence-corrected chi connectivity index (χ4v) is 2.93. The van der Waals surface area contributed by atoms with Crippen LogP contribution in [-0.2, 0) is 10.0 Å².